The molecule has 0 aliphatic carbocycles. The maximum absolute atomic E-state index is 13.4. The van der Waals surface area contributed by atoms with Crippen molar-refractivity contribution in [3.05, 3.63) is 52.8 Å². The molecule has 22 heavy (non-hydrogen) atoms. The fourth-order valence-electron chi connectivity index (χ4n) is 1.56. The molecule has 0 aliphatic rings. The van der Waals surface area contributed by atoms with Crippen LogP contribution in [0.2, 0.25) is 5.02 Å². The van der Waals surface area contributed by atoms with Gasteiger partial charge in [0.25, 0.3) is 0 Å². The smallest absolute Gasteiger partial charge is 0.457 e. The summed E-state index contributed by atoms with van der Waals surface area (Å²) in [5.74, 6) is -1.22. The van der Waals surface area contributed by atoms with Crippen molar-refractivity contribution in [1.82, 2.24) is 0 Å². The maximum atomic E-state index is 13.4. The molecule has 8 heteroatoms. The molecule has 0 spiro atoms. The molecule has 2 rings (SSSR count). The average Bonchev–Trinajstić information content (AvgIpc) is 2.41. The van der Waals surface area contributed by atoms with Crippen molar-refractivity contribution in [3.63, 3.8) is 0 Å². The van der Waals surface area contributed by atoms with E-state index >= 15 is 0 Å². The van der Waals surface area contributed by atoms with Crippen molar-refractivity contribution in [2.75, 3.05) is 0 Å². The summed E-state index contributed by atoms with van der Waals surface area (Å²) in [6, 6.07) is 6.76. The molecule has 0 amide bonds. The van der Waals surface area contributed by atoms with Crippen LogP contribution in [0.15, 0.2) is 36.4 Å². The van der Waals surface area contributed by atoms with Crippen molar-refractivity contribution >= 4 is 17.9 Å². The lowest BCUT2D eigenvalue weighted by molar-refractivity contribution is -0.274. The summed E-state index contributed by atoms with van der Waals surface area (Å²) in [6.07, 6.45) is -4.51. The summed E-state index contributed by atoms with van der Waals surface area (Å²) >= 11 is 5.66. The van der Waals surface area contributed by atoms with Crippen LogP contribution in [0.25, 0.3) is 0 Å². The van der Waals surface area contributed by atoms with Gasteiger partial charge in [-0.3, -0.25) is 4.79 Å². The summed E-state index contributed by atoms with van der Waals surface area (Å²) < 4.78 is 58.7. The van der Waals surface area contributed by atoms with Crippen LogP contribution in [0.4, 0.5) is 17.6 Å². The lowest BCUT2D eigenvalue weighted by Crippen LogP contribution is -2.17. The first-order valence-electron chi connectivity index (χ1n) is 5.76. The fourth-order valence-corrected chi connectivity index (χ4v) is 1.76. The number of rotatable bonds is 4. The number of carbonyl (C=O) groups excluding carboxylic acids is 1. The van der Waals surface area contributed by atoms with Crippen LogP contribution in [0, 0.1) is 5.82 Å². The van der Waals surface area contributed by atoms with Gasteiger partial charge in [-0.15, -0.1) is 13.2 Å². The Morgan fingerprint density at radius 3 is 2.23 bits per heavy atom. The normalized spacial score (nSPS) is 11.1. The summed E-state index contributed by atoms with van der Waals surface area (Å²) in [7, 11) is 0. The maximum Gasteiger partial charge on any atom is 0.573 e. The van der Waals surface area contributed by atoms with Crippen LogP contribution in [0.1, 0.15) is 10.4 Å². The van der Waals surface area contributed by atoms with Gasteiger partial charge in [0.2, 0.25) is 0 Å². The molecule has 0 heterocycles. The Bertz CT molecular complexity index is 701. The number of benzene rings is 2. The van der Waals surface area contributed by atoms with Crippen molar-refractivity contribution in [2.24, 2.45) is 0 Å². The van der Waals surface area contributed by atoms with Crippen molar-refractivity contribution in [3.8, 4) is 17.2 Å². The second-order valence-electron chi connectivity index (χ2n) is 4.04. The summed E-state index contributed by atoms with van der Waals surface area (Å²) in [6.45, 7) is 0. The molecule has 3 nitrogen and oxygen atoms in total. The number of ether oxygens (including phenoxy) is 2. The first kappa shape index (κ1) is 16.1. The quantitative estimate of drug-likeness (QED) is 0.584. The lowest BCUT2D eigenvalue weighted by Gasteiger charge is -2.12. The minimum absolute atomic E-state index is 0.0589. The van der Waals surface area contributed by atoms with E-state index in [0.29, 0.717) is 6.29 Å². The van der Waals surface area contributed by atoms with Gasteiger partial charge in [0.1, 0.15) is 23.1 Å². The van der Waals surface area contributed by atoms with Crippen molar-refractivity contribution in [1.29, 1.82) is 0 Å². The summed E-state index contributed by atoms with van der Waals surface area (Å²) in [4.78, 5) is 10.5. The lowest BCUT2D eigenvalue weighted by atomic mass is 10.2. The minimum atomic E-state index is -4.86. The Hall–Kier alpha value is -2.28. The Morgan fingerprint density at radius 2 is 1.68 bits per heavy atom. The van der Waals surface area contributed by atoms with E-state index in [0.717, 1.165) is 18.2 Å². The average molecular weight is 335 g/mol. The summed E-state index contributed by atoms with van der Waals surface area (Å²) in [5.41, 5.74) is -0.140. The monoisotopic (exact) mass is 334 g/mol. The SMILES string of the molecule is O=Cc1ccc(Oc2ccc(OC(F)(F)F)c(Cl)c2)cc1F. The molecular formula is C14H7ClF4O3. The van der Waals surface area contributed by atoms with Gasteiger partial charge in [0.05, 0.1) is 10.6 Å². The Balaban J connectivity index is 2.19. The first-order valence-corrected chi connectivity index (χ1v) is 6.14. The van der Waals surface area contributed by atoms with Crippen molar-refractivity contribution in [2.45, 2.75) is 6.36 Å². The van der Waals surface area contributed by atoms with Crippen LogP contribution >= 0.6 is 11.6 Å². The Morgan fingerprint density at radius 1 is 1.05 bits per heavy atom. The topological polar surface area (TPSA) is 35.5 Å². The fraction of sp³-hybridized carbons (Fsp3) is 0.0714. The molecule has 0 fully saturated rings. The number of hydrogen-bond donors (Lipinski definition) is 0. The van der Waals surface area contributed by atoms with Crippen LogP contribution in [0.3, 0.4) is 0 Å². The van der Waals surface area contributed by atoms with Gasteiger partial charge in [0.15, 0.2) is 6.29 Å². The zero-order valence-corrected chi connectivity index (χ0v) is 11.4. The van der Waals surface area contributed by atoms with E-state index < -0.39 is 17.9 Å². The number of aldehydes is 1. The van der Waals surface area contributed by atoms with Gasteiger partial charge in [-0.1, -0.05) is 11.6 Å². The highest BCUT2D eigenvalue weighted by molar-refractivity contribution is 6.32. The third-order valence-corrected chi connectivity index (χ3v) is 2.76. The highest BCUT2D eigenvalue weighted by atomic mass is 35.5. The minimum Gasteiger partial charge on any atom is -0.457 e. The third kappa shape index (κ3) is 4.11. The highest BCUT2D eigenvalue weighted by Gasteiger charge is 2.32. The molecular weight excluding hydrogens is 328 g/mol. The molecule has 2 aromatic carbocycles. The van der Waals surface area contributed by atoms with Gasteiger partial charge < -0.3 is 9.47 Å². The number of carbonyl (C=O) groups is 1. The van der Waals surface area contributed by atoms with E-state index in [1.807, 2.05) is 0 Å². The van der Waals surface area contributed by atoms with E-state index in [2.05, 4.69) is 4.74 Å². The molecule has 0 unspecified atom stereocenters. The van der Waals surface area contributed by atoms with E-state index in [4.69, 9.17) is 16.3 Å². The van der Waals surface area contributed by atoms with E-state index in [9.17, 15) is 22.4 Å². The molecule has 0 radical (unpaired) electrons. The van der Waals surface area contributed by atoms with Crippen molar-refractivity contribution < 1.29 is 31.8 Å². The van der Waals surface area contributed by atoms with Gasteiger partial charge >= 0.3 is 6.36 Å². The number of hydrogen-bond acceptors (Lipinski definition) is 3. The van der Waals surface area contributed by atoms with Gasteiger partial charge in [0, 0.05) is 12.1 Å². The first-order chi connectivity index (χ1) is 10.3. The molecule has 0 atom stereocenters. The number of alkyl halides is 3. The van der Waals surface area contributed by atoms with E-state index in [-0.39, 0.29) is 22.1 Å². The van der Waals surface area contributed by atoms with Crippen LogP contribution in [-0.2, 0) is 0 Å². The van der Waals surface area contributed by atoms with E-state index in [1.165, 1.54) is 18.2 Å². The molecule has 0 aliphatic heterocycles. The Kier molecular flexibility index (Phi) is 4.56. The third-order valence-electron chi connectivity index (χ3n) is 2.46. The molecule has 116 valence electrons. The second kappa shape index (κ2) is 6.23. The predicted octanol–water partition coefficient (Wildman–Crippen LogP) is 4.98. The molecule has 0 saturated heterocycles. The van der Waals surface area contributed by atoms with Crippen LogP contribution in [-0.4, -0.2) is 12.6 Å². The zero-order valence-electron chi connectivity index (χ0n) is 10.7. The summed E-state index contributed by atoms with van der Waals surface area (Å²) in [5, 5.41) is -0.320. The molecule has 0 N–H and O–H groups in total. The van der Waals surface area contributed by atoms with Gasteiger partial charge in [-0.25, -0.2) is 4.39 Å². The van der Waals surface area contributed by atoms with Gasteiger partial charge in [-0.05, 0) is 24.3 Å². The van der Waals surface area contributed by atoms with E-state index in [1.54, 1.807) is 0 Å². The van der Waals surface area contributed by atoms with Gasteiger partial charge in [-0.2, -0.15) is 0 Å². The molecule has 0 saturated carbocycles. The Labute approximate surface area is 127 Å². The zero-order chi connectivity index (χ0) is 16.3. The molecule has 0 aromatic heterocycles. The largest absolute Gasteiger partial charge is 0.573 e. The second-order valence-corrected chi connectivity index (χ2v) is 4.45. The standard InChI is InChI=1S/C14H7ClF4O3/c15-11-5-9(3-4-13(11)22-14(17,18)19)21-10-2-1-8(7-20)12(16)6-10/h1-7H. The number of halogens is 5. The molecule has 2 aromatic rings. The molecule has 0 bridgehead atoms. The highest BCUT2D eigenvalue weighted by Crippen LogP contribution is 2.34. The predicted molar refractivity (Wildman–Crippen MR) is 70.0 cm³/mol. The van der Waals surface area contributed by atoms with Crippen LogP contribution < -0.4 is 9.47 Å². The van der Waals surface area contributed by atoms with Crippen LogP contribution in [0.5, 0.6) is 17.2 Å².